The minimum absolute atomic E-state index is 0.0662. The Morgan fingerprint density at radius 2 is 1.88 bits per heavy atom. The second-order valence-electron chi connectivity index (χ2n) is 6.83. The van der Waals surface area contributed by atoms with Gasteiger partial charge in [0.05, 0.1) is 11.6 Å². The van der Waals surface area contributed by atoms with Crippen LogP contribution in [0.25, 0.3) is 0 Å². The van der Waals surface area contributed by atoms with Crippen molar-refractivity contribution in [2.24, 2.45) is 0 Å². The first kappa shape index (κ1) is 16.3. The second-order valence-corrected chi connectivity index (χ2v) is 6.83. The maximum Gasteiger partial charge on any atom is 0.250 e. The zero-order valence-corrected chi connectivity index (χ0v) is 14.6. The predicted octanol–water partition coefficient (Wildman–Crippen LogP) is 2.42. The average molecular weight is 345 g/mol. The fraction of sp³-hybridized carbons (Fsp3) is 0.286. The van der Waals surface area contributed by atoms with Crippen LogP contribution in [0, 0.1) is 11.3 Å². The smallest absolute Gasteiger partial charge is 0.250 e. The van der Waals surface area contributed by atoms with E-state index in [2.05, 4.69) is 6.07 Å². The normalized spacial score (nSPS) is 18.1. The van der Waals surface area contributed by atoms with Gasteiger partial charge in [0, 0.05) is 32.1 Å². The highest BCUT2D eigenvalue weighted by molar-refractivity contribution is 6.01. The molecule has 130 valence electrons. The second kappa shape index (κ2) is 6.30. The van der Waals surface area contributed by atoms with Gasteiger partial charge in [-0.1, -0.05) is 30.3 Å². The third-order valence-electron chi connectivity index (χ3n) is 5.31. The maximum absolute atomic E-state index is 13.3. The minimum Gasteiger partial charge on any atom is -0.326 e. The number of nitriles is 1. The van der Waals surface area contributed by atoms with Gasteiger partial charge in [0.25, 0.3) is 0 Å². The zero-order valence-electron chi connectivity index (χ0n) is 14.6. The Bertz CT molecular complexity index is 945. The molecule has 4 rings (SSSR count). The quantitative estimate of drug-likeness (QED) is 0.797. The van der Waals surface area contributed by atoms with Gasteiger partial charge in [-0.2, -0.15) is 5.26 Å². The number of fused-ring (bicyclic) bond motifs is 2. The molecule has 0 spiro atoms. The number of hydrogen-bond acceptors (Lipinski definition) is 3. The lowest BCUT2D eigenvalue weighted by molar-refractivity contribution is -0.139. The number of benzene rings is 2. The molecular weight excluding hydrogens is 326 g/mol. The molecule has 26 heavy (non-hydrogen) atoms. The Labute approximate surface area is 152 Å². The van der Waals surface area contributed by atoms with E-state index in [0.717, 1.165) is 28.8 Å². The largest absolute Gasteiger partial charge is 0.326 e. The summed E-state index contributed by atoms with van der Waals surface area (Å²) in [6.07, 6.45) is 1.30. The van der Waals surface area contributed by atoms with Gasteiger partial charge >= 0.3 is 0 Å². The van der Waals surface area contributed by atoms with E-state index < -0.39 is 6.04 Å². The SMILES string of the molecule is CC(=O)N1Cc2ccccc2CC1C(=O)N1CCc2ccc(C#N)cc21. The summed E-state index contributed by atoms with van der Waals surface area (Å²) in [5.41, 5.74) is 4.63. The van der Waals surface area contributed by atoms with E-state index >= 15 is 0 Å². The molecule has 0 saturated heterocycles. The van der Waals surface area contributed by atoms with Crippen LogP contribution in [0.15, 0.2) is 42.5 Å². The van der Waals surface area contributed by atoms with E-state index in [4.69, 9.17) is 5.26 Å². The molecule has 0 aromatic heterocycles. The van der Waals surface area contributed by atoms with Crippen molar-refractivity contribution in [1.29, 1.82) is 5.26 Å². The fourth-order valence-electron chi connectivity index (χ4n) is 3.93. The minimum atomic E-state index is -0.501. The van der Waals surface area contributed by atoms with Crippen molar-refractivity contribution in [3.63, 3.8) is 0 Å². The van der Waals surface area contributed by atoms with E-state index in [1.54, 1.807) is 21.9 Å². The van der Waals surface area contributed by atoms with Gasteiger partial charge in [-0.15, -0.1) is 0 Å². The van der Waals surface area contributed by atoms with Gasteiger partial charge in [0.2, 0.25) is 11.8 Å². The number of rotatable bonds is 1. The zero-order chi connectivity index (χ0) is 18.3. The van der Waals surface area contributed by atoms with Crippen LogP contribution in [-0.4, -0.2) is 29.3 Å². The number of hydrogen-bond donors (Lipinski definition) is 0. The molecule has 2 aromatic carbocycles. The fourth-order valence-corrected chi connectivity index (χ4v) is 3.93. The van der Waals surface area contributed by atoms with Crippen LogP contribution in [0.4, 0.5) is 5.69 Å². The molecule has 2 aromatic rings. The molecule has 5 nitrogen and oxygen atoms in total. The lowest BCUT2D eigenvalue weighted by Crippen LogP contribution is -2.53. The van der Waals surface area contributed by atoms with Crippen LogP contribution in [0.1, 0.15) is 29.2 Å². The van der Waals surface area contributed by atoms with Crippen molar-refractivity contribution in [3.05, 3.63) is 64.7 Å². The molecule has 2 amide bonds. The van der Waals surface area contributed by atoms with Crippen LogP contribution < -0.4 is 4.90 Å². The number of anilines is 1. The molecule has 2 heterocycles. The molecule has 0 radical (unpaired) electrons. The predicted molar refractivity (Wildman–Crippen MR) is 97.4 cm³/mol. The summed E-state index contributed by atoms with van der Waals surface area (Å²) < 4.78 is 0. The highest BCUT2D eigenvalue weighted by Crippen LogP contribution is 2.32. The summed E-state index contributed by atoms with van der Waals surface area (Å²) in [6, 6.07) is 15.1. The van der Waals surface area contributed by atoms with Gasteiger partial charge in [0.1, 0.15) is 6.04 Å². The summed E-state index contributed by atoms with van der Waals surface area (Å²) >= 11 is 0. The monoisotopic (exact) mass is 345 g/mol. The van der Waals surface area contributed by atoms with Crippen LogP contribution >= 0.6 is 0 Å². The van der Waals surface area contributed by atoms with Crippen molar-refractivity contribution in [3.8, 4) is 6.07 Å². The van der Waals surface area contributed by atoms with Crippen LogP contribution in [0.3, 0.4) is 0 Å². The summed E-state index contributed by atoms with van der Waals surface area (Å²) in [7, 11) is 0. The molecule has 0 bridgehead atoms. The van der Waals surface area contributed by atoms with Gasteiger partial charge in [-0.25, -0.2) is 0 Å². The van der Waals surface area contributed by atoms with E-state index in [1.807, 2.05) is 30.3 Å². The molecule has 0 N–H and O–H groups in total. The molecule has 2 aliphatic rings. The molecule has 1 unspecified atom stereocenters. The molecule has 1 atom stereocenters. The Morgan fingerprint density at radius 3 is 2.62 bits per heavy atom. The first-order valence-corrected chi connectivity index (χ1v) is 8.77. The average Bonchev–Trinajstić information content (AvgIpc) is 3.09. The molecule has 0 fully saturated rings. The number of carbonyl (C=O) groups excluding carboxylic acids is 2. The van der Waals surface area contributed by atoms with Crippen molar-refractivity contribution in [1.82, 2.24) is 4.90 Å². The summed E-state index contributed by atoms with van der Waals surface area (Å²) in [5.74, 6) is -0.161. The third-order valence-corrected chi connectivity index (χ3v) is 5.31. The summed E-state index contributed by atoms with van der Waals surface area (Å²) in [6.45, 7) is 2.56. The van der Waals surface area contributed by atoms with Gasteiger partial charge in [-0.05, 0) is 35.2 Å². The lowest BCUT2D eigenvalue weighted by atomic mass is 9.93. The Morgan fingerprint density at radius 1 is 1.12 bits per heavy atom. The first-order valence-electron chi connectivity index (χ1n) is 8.77. The van der Waals surface area contributed by atoms with E-state index in [9.17, 15) is 9.59 Å². The van der Waals surface area contributed by atoms with Gasteiger partial charge in [0.15, 0.2) is 0 Å². The lowest BCUT2D eigenvalue weighted by Gasteiger charge is -2.37. The van der Waals surface area contributed by atoms with Crippen LogP contribution in [-0.2, 0) is 29.0 Å². The van der Waals surface area contributed by atoms with E-state index in [1.165, 1.54) is 6.92 Å². The van der Waals surface area contributed by atoms with E-state index in [-0.39, 0.29) is 11.8 Å². The van der Waals surface area contributed by atoms with Crippen molar-refractivity contribution >= 4 is 17.5 Å². The number of nitrogens with zero attached hydrogens (tertiary/aromatic N) is 3. The Kier molecular flexibility index (Phi) is 3.96. The van der Waals surface area contributed by atoms with Gasteiger partial charge < -0.3 is 9.80 Å². The molecule has 0 aliphatic carbocycles. The molecule has 5 heteroatoms. The first-order chi connectivity index (χ1) is 12.6. The van der Waals surface area contributed by atoms with Crippen molar-refractivity contribution in [2.45, 2.75) is 32.4 Å². The third kappa shape index (κ3) is 2.64. The summed E-state index contributed by atoms with van der Waals surface area (Å²) in [4.78, 5) is 28.9. The molecule has 2 aliphatic heterocycles. The molecule has 0 saturated carbocycles. The van der Waals surface area contributed by atoms with Crippen LogP contribution in [0.2, 0.25) is 0 Å². The van der Waals surface area contributed by atoms with Crippen molar-refractivity contribution in [2.75, 3.05) is 11.4 Å². The Hall–Kier alpha value is -3.13. The van der Waals surface area contributed by atoms with Crippen molar-refractivity contribution < 1.29 is 9.59 Å². The standard InChI is InChI=1S/C21H19N3O2/c1-14(25)24-13-18-5-3-2-4-17(18)11-20(24)21(26)23-9-8-16-7-6-15(12-22)10-19(16)23/h2-7,10,20H,8-9,11,13H2,1H3. The Balaban J connectivity index is 1.68. The highest BCUT2D eigenvalue weighted by Gasteiger charge is 2.37. The topological polar surface area (TPSA) is 64.4 Å². The number of amides is 2. The highest BCUT2D eigenvalue weighted by atomic mass is 16.2. The van der Waals surface area contributed by atoms with Gasteiger partial charge in [-0.3, -0.25) is 9.59 Å². The van der Waals surface area contributed by atoms with E-state index in [0.29, 0.717) is 25.1 Å². The molecular formula is C21H19N3O2. The maximum atomic E-state index is 13.3. The number of carbonyl (C=O) groups is 2. The van der Waals surface area contributed by atoms with Crippen LogP contribution in [0.5, 0.6) is 0 Å². The summed E-state index contributed by atoms with van der Waals surface area (Å²) in [5, 5.41) is 9.16.